The molecular weight excluding hydrogens is 415 g/mol. The van der Waals surface area contributed by atoms with E-state index < -0.39 is 0 Å². The van der Waals surface area contributed by atoms with Crippen molar-refractivity contribution in [3.8, 4) is 5.82 Å². The van der Waals surface area contributed by atoms with Crippen molar-refractivity contribution in [3.63, 3.8) is 0 Å². The predicted octanol–water partition coefficient (Wildman–Crippen LogP) is 2.99. The lowest BCUT2D eigenvalue weighted by Crippen LogP contribution is -2.38. The summed E-state index contributed by atoms with van der Waals surface area (Å²) >= 11 is 0. The Balaban J connectivity index is 0.00000288. The number of halogens is 1. The topological polar surface area (TPSA) is 67.1 Å². The second-order valence-corrected chi connectivity index (χ2v) is 5.80. The van der Waals surface area contributed by atoms with Gasteiger partial charge in [0, 0.05) is 31.7 Å². The van der Waals surface area contributed by atoms with Gasteiger partial charge >= 0.3 is 0 Å². The number of rotatable bonds is 7. The van der Waals surface area contributed by atoms with Crippen LogP contribution in [0.25, 0.3) is 5.82 Å². The Bertz CT molecular complexity index is 609. The number of nitrogens with zero attached hydrogens (tertiary/aromatic N) is 4. The van der Waals surface area contributed by atoms with Crippen LogP contribution in [-0.2, 0) is 6.54 Å². The summed E-state index contributed by atoms with van der Waals surface area (Å²) in [6.45, 7) is 8.91. The highest BCUT2D eigenvalue weighted by molar-refractivity contribution is 14.0. The molecule has 0 fully saturated rings. The monoisotopic (exact) mass is 442 g/mol. The highest BCUT2D eigenvalue weighted by atomic mass is 127. The molecule has 6 nitrogen and oxygen atoms in total. The fraction of sp³-hybridized carbons (Fsp3) is 0.471. The minimum absolute atomic E-state index is 0. The summed E-state index contributed by atoms with van der Waals surface area (Å²) in [7, 11) is 0. The van der Waals surface area contributed by atoms with Crippen LogP contribution < -0.4 is 10.6 Å². The Morgan fingerprint density at radius 2 is 2.12 bits per heavy atom. The fourth-order valence-corrected chi connectivity index (χ4v) is 2.09. The first-order valence-corrected chi connectivity index (χ1v) is 8.14. The number of nitrogens with one attached hydrogen (secondary N) is 2. The zero-order valence-corrected chi connectivity index (χ0v) is 16.9. The van der Waals surface area contributed by atoms with E-state index >= 15 is 0 Å². The molecule has 2 aromatic heterocycles. The van der Waals surface area contributed by atoms with E-state index in [1.807, 2.05) is 22.9 Å². The van der Waals surface area contributed by atoms with Crippen LogP contribution in [0, 0.1) is 5.92 Å². The molecule has 0 saturated heterocycles. The first kappa shape index (κ1) is 20.4. The summed E-state index contributed by atoms with van der Waals surface area (Å²) in [5.74, 6) is 2.39. The number of hydrogen-bond donors (Lipinski definition) is 2. The summed E-state index contributed by atoms with van der Waals surface area (Å²) < 4.78 is 1.89. The van der Waals surface area contributed by atoms with Gasteiger partial charge in [0.1, 0.15) is 12.1 Å². The molecule has 0 bridgehead atoms. The van der Waals surface area contributed by atoms with Crippen molar-refractivity contribution in [2.45, 2.75) is 33.7 Å². The third kappa shape index (κ3) is 6.86. The van der Waals surface area contributed by atoms with E-state index in [4.69, 9.17) is 0 Å². The molecular formula is C17H27IN6. The molecule has 0 spiro atoms. The van der Waals surface area contributed by atoms with Crippen LogP contribution >= 0.6 is 24.0 Å². The molecule has 2 aromatic rings. The SMILES string of the molecule is CCNC(=NCc1ccnc(-n2ccnc2)c1)NCCC(C)C.I. The van der Waals surface area contributed by atoms with Gasteiger partial charge in [0.2, 0.25) is 0 Å². The van der Waals surface area contributed by atoms with E-state index in [9.17, 15) is 0 Å². The van der Waals surface area contributed by atoms with Crippen LogP contribution in [0.5, 0.6) is 0 Å². The van der Waals surface area contributed by atoms with Crippen molar-refractivity contribution in [1.29, 1.82) is 0 Å². The molecule has 0 aromatic carbocycles. The van der Waals surface area contributed by atoms with Crippen molar-refractivity contribution >= 4 is 29.9 Å². The van der Waals surface area contributed by atoms with E-state index in [2.05, 4.69) is 46.4 Å². The Hall–Kier alpha value is -1.64. The lowest BCUT2D eigenvalue weighted by atomic mass is 10.1. The largest absolute Gasteiger partial charge is 0.357 e. The van der Waals surface area contributed by atoms with Gasteiger partial charge in [0.25, 0.3) is 0 Å². The molecule has 7 heteroatoms. The highest BCUT2D eigenvalue weighted by Crippen LogP contribution is 2.08. The molecule has 0 saturated carbocycles. The fourth-order valence-electron chi connectivity index (χ4n) is 2.09. The number of aliphatic imine (C=N–C) groups is 1. The van der Waals surface area contributed by atoms with Crippen LogP contribution in [-0.4, -0.2) is 33.6 Å². The van der Waals surface area contributed by atoms with E-state index in [0.29, 0.717) is 12.5 Å². The maximum Gasteiger partial charge on any atom is 0.191 e. The first-order valence-electron chi connectivity index (χ1n) is 8.14. The summed E-state index contributed by atoms with van der Waals surface area (Å²) in [5.41, 5.74) is 1.12. The van der Waals surface area contributed by atoms with Gasteiger partial charge in [-0.2, -0.15) is 0 Å². The average Bonchev–Trinajstić information content (AvgIpc) is 3.07. The summed E-state index contributed by atoms with van der Waals surface area (Å²) in [5, 5.41) is 6.65. The smallest absolute Gasteiger partial charge is 0.191 e. The lowest BCUT2D eigenvalue weighted by Gasteiger charge is -2.12. The molecule has 0 aliphatic rings. The maximum absolute atomic E-state index is 4.64. The molecule has 24 heavy (non-hydrogen) atoms. The molecule has 132 valence electrons. The third-order valence-corrected chi connectivity index (χ3v) is 3.36. The number of hydrogen-bond acceptors (Lipinski definition) is 3. The van der Waals surface area contributed by atoms with Crippen molar-refractivity contribution < 1.29 is 0 Å². The van der Waals surface area contributed by atoms with Crippen molar-refractivity contribution in [1.82, 2.24) is 25.2 Å². The van der Waals surface area contributed by atoms with Crippen LogP contribution in [0.1, 0.15) is 32.8 Å². The van der Waals surface area contributed by atoms with Gasteiger partial charge in [0.05, 0.1) is 6.54 Å². The summed E-state index contributed by atoms with van der Waals surface area (Å²) in [6, 6.07) is 4.02. The van der Waals surface area contributed by atoms with Crippen LogP contribution in [0.2, 0.25) is 0 Å². The molecule has 2 heterocycles. The summed E-state index contributed by atoms with van der Waals surface area (Å²) in [6.07, 6.45) is 8.30. The predicted molar refractivity (Wildman–Crippen MR) is 109 cm³/mol. The zero-order chi connectivity index (χ0) is 16.5. The standard InChI is InChI=1S/C17H26N6.HI/c1-4-19-17(21-7-5-14(2)3)22-12-15-6-8-20-16(11-15)23-10-9-18-13-23;/h6,8-11,13-14H,4-5,7,12H2,1-3H3,(H2,19,21,22);1H. The zero-order valence-electron chi connectivity index (χ0n) is 14.6. The molecule has 0 aliphatic heterocycles. The van der Waals surface area contributed by atoms with Crippen molar-refractivity contribution in [2.75, 3.05) is 13.1 Å². The molecule has 0 aliphatic carbocycles. The number of aromatic nitrogens is 3. The second kappa shape index (κ2) is 11.0. The van der Waals surface area contributed by atoms with Crippen molar-refractivity contribution in [2.24, 2.45) is 10.9 Å². The third-order valence-electron chi connectivity index (χ3n) is 3.36. The van der Waals surface area contributed by atoms with Crippen LogP contribution in [0.4, 0.5) is 0 Å². The Labute approximate surface area is 161 Å². The van der Waals surface area contributed by atoms with Gasteiger partial charge in [-0.15, -0.1) is 24.0 Å². The normalized spacial score (nSPS) is 11.2. The average molecular weight is 442 g/mol. The van der Waals surface area contributed by atoms with Crippen LogP contribution in [0.15, 0.2) is 42.0 Å². The van der Waals surface area contributed by atoms with Gasteiger partial charge in [-0.25, -0.2) is 15.0 Å². The molecule has 0 atom stereocenters. The molecule has 2 N–H and O–H groups in total. The van der Waals surface area contributed by atoms with Gasteiger partial charge in [0.15, 0.2) is 5.96 Å². The van der Waals surface area contributed by atoms with Gasteiger partial charge in [-0.1, -0.05) is 13.8 Å². The lowest BCUT2D eigenvalue weighted by molar-refractivity contribution is 0.573. The molecule has 0 unspecified atom stereocenters. The van der Waals surface area contributed by atoms with E-state index in [1.165, 1.54) is 0 Å². The van der Waals surface area contributed by atoms with Gasteiger partial charge < -0.3 is 10.6 Å². The number of pyridine rings is 1. The second-order valence-electron chi connectivity index (χ2n) is 5.80. The number of guanidine groups is 1. The minimum Gasteiger partial charge on any atom is -0.357 e. The Morgan fingerprint density at radius 1 is 1.29 bits per heavy atom. The summed E-state index contributed by atoms with van der Waals surface area (Å²) in [4.78, 5) is 13.1. The number of imidazole rings is 1. The Morgan fingerprint density at radius 3 is 2.79 bits per heavy atom. The van der Waals surface area contributed by atoms with Gasteiger partial charge in [-0.05, 0) is 37.0 Å². The molecule has 0 amide bonds. The first-order chi connectivity index (χ1) is 11.2. The van der Waals surface area contributed by atoms with Crippen molar-refractivity contribution in [3.05, 3.63) is 42.6 Å². The quantitative estimate of drug-likeness (QED) is 0.393. The Kier molecular flexibility index (Phi) is 9.36. The van der Waals surface area contributed by atoms with E-state index in [1.54, 1.807) is 18.7 Å². The maximum atomic E-state index is 4.64. The highest BCUT2D eigenvalue weighted by Gasteiger charge is 2.01. The minimum atomic E-state index is 0. The van der Waals surface area contributed by atoms with Gasteiger partial charge in [-0.3, -0.25) is 4.57 Å². The van der Waals surface area contributed by atoms with E-state index in [0.717, 1.165) is 36.9 Å². The van der Waals surface area contributed by atoms with E-state index in [-0.39, 0.29) is 24.0 Å². The molecule has 2 rings (SSSR count). The molecule has 0 radical (unpaired) electrons. The van der Waals surface area contributed by atoms with Crippen LogP contribution in [0.3, 0.4) is 0 Å².